The number of ether oxygens (including phenoxy) is 1. The molecule has 0 bridgehead atoms. The van der Waals surface area contributed by atoms with Gasteiger partial charge in [0.05, 0.1) is 7.11 Å². The van der Waals surface area contributed by atoms with Crippen molar-refractivity contribution in [3.8, 4) is 0 Å². The van der Waals surface area contributed by atoms with E-state index in [0.717, 1.165) is 23.6 Å². The molecule has 0 aromatic heterocycles. The molecule has 0 unspecified atom stereocenters. The molecule has 1 atom stereocenters. The highest BCUT2D eigenvalue weighted by Crippen LogP contribution is 2.18. The van der Waals surface area contributed by atoms with E-state index in [9.17, 15) is 9.59 Å². The summed E-state index contributed by atoms with van der Waals surface area (Å²) in [5, 5.41) is 4.64. The van der Waals surface area contributed by atoms with Crippen LogP contribution in [0, 0.1) is 0 Å². The van der Waals surface area contributed by atoms with E-state index in [1.54, 1.807) is 12.1 Å². The average Bonchev–Trinajstić information content (AvgIpc) is 2.59. The van der Waals surface area contributed by atoms with Gasteiger partial charge in [-0.05, 0) is 36.1 Å². The molecule has 0 aliphatic carbocycles. The van der Waals surface area contributed by atoms with E-state index in [4.69, 9.17) is 4.74 Å². The van der Waals surface area contributed by atoms with Crippen LogP contribution < -0.4 is 5.32 Å². The van der Waals surface area contributed by atoms with Crippen LogP contribution in [0.15, 0.2) is 55.1 Å². The molecule has 1 amide bonds. The first kappa shape index (κ1) is 16.7. The van der Waals surface area contributed by atoms with Crippen molar-refractivity contribution < 1.29 is 14.3 Å². The minimum absolute atomic E-state index is 0.268. The molecule has 0 fully saturated rings. The maximum absolute atomic E-state index is 12.6. The average molecular weight is 311 g/mol. The molecule has 0 aliphatic rings. The number of nitrogens with one attached hydrogen (secondary N) is 1. The summed E-state index contributed by atoms with van der Waals surface area (Å²) >= 11 is 0. The topological polar surface area (TPSA) is 55.4 Å². The maximum Gasteiger partial charge on any atom is 0.328 e. The monoisotopic (exact) mass is 311 g/mol. The summed E-state index contributed by atoms with van der Waals surface area (Å²) in [6, 6.07) is 12.6. The molecule has 2 aromatic rings. The lowest BCUT2D eigenvalue weighted by atomic mass is 10.0. The van der Waals surface area contributed by atoms with Gasteiger partial charge in [0.25, 0.3) is 5.91 Å². The van der Waals surface area contributed by atoms with Crippen LogP contribution in [-0.2, 0) is 9.53 Å². The number of fused-ring (bicyclic) bond motifs is 1. The largest absolute Gasteiger partial charge is 0.467 e. The zero-order chi connectivity index (χ0) is 16.7. The second kappa shape index (κ2) is 8.13. The highest BCUT2D eigenvalue weighted by atomic mass is 16.5. The van der Waals surface area contributed by atoms with Crippen LogP contribution in [0.2, 0.25) is 0 Å². The van der Waals surface area contributed by atoms with Crippen molar-refractivity contribution in [2.45, 2.75) is 25.3 Å². The fourth-order valence-electron chi connectivity index (χ4n) is 2.52. The van der Waals surface area contributed by atoms with Crippen molar-refractivity contribution in [1.82, 2.24) is 5.32 Å². The van der Waals surface area contributed by atoms with Gasteiger partial charge in [0, 0.05) is 5.56 Å². The number of rotatable bonds is 7. The zero-order valence-electron chi connectivity index (χ0n) is 13.2. The van der Waals surface area contributed by atoms with Crippen molar-refractivity contribution in [3.05, 3.63) is 60.7 Å². The summed E-state index contributed by atoms with van der Waals surface area (Å²) in [5.74, 6) is -0.696. The SMILES string of the molecule is C=CCCC[C@H](NC(=O)c1cccc2ccccc12)C(=O)OC. The van der Waals surface area contributed by atoms with Crippen LogP contribution in [0.5, 0.6) is 0 Å². The minimum atomic E-state index is -0.647. The van der Waals surface area contributed by atoms with Gasteiger partial charge in [-0.25, -0.2) is 4.79 Å². The second-order valence-corrected chi connectivity index (χ2v) is 5.30. The van der Waals surface area contributed by atoms with Gasteiger partial charge in [-0.15, -0.1) is 6.58 Å². The Kier molecular flexibility index (Phi) is 5.92. The molecule has 120 valence electrons. The number of esters is 1. The molecule has 1 N–H and O–H groups in total. The van der Waals surface area contributed by atoms with Gasteiger partial charge in [0.1, 0.15) is 6.04 Å². The highest BCUT2D eigenvalue weighted by Gasteiger charge is 2.22. The molecule has 23 heavy (non-hydrogen) atoms. The summed E-state index contributed by atoms with van der Waals surface area (Å²) < 4.78 is 4.79. The number of unbranched alkanes of at least 4 members (excludes halogenated alkanes) is 1. The first-order valence-electron chi connectivity index (χ1n) is 7.64. The Bertz CT molecular complexity index is 703. The quantitative estimate of drug-likeness (QED) is 0.484. The van der Waals surface area contributed by atoms with Gasteiger partial charge in [0.15, 0.2) is 0 Å². The number of amides is 1. The lowest BCUT2D eigenvalue weighted by Gasteiger charge is -2.17. The molecule has 4 heteroatoms. The van der Waals surface area contributed by atoms with E-state index in [-0.39, 0.29) is 5.91 Å². The number of hydrogen-bond acceptors (Lipinski definition) is 3. The summed E-state index contributed by atoms with van der Waals surface area (Å²) in [4.78, 5) is 24.5. The Hall–Kier alpha value is -2.62. The Morgan fingerprint density at radius 1 is 1.22 bits per heavy atom. The Morgan fingerprint density at radius 3 is 2.70 bits per heavy atom. The molecular weight excluding hydrogens is 290 g/mol. The molecule has 0 aliphatic heterocycles. The number of benzene rings is 2. The minimum Gasteiger partial charge on any atom is -0.467 e. The van der Waals surface area contributed by atoms with Gasteiger partial charge < -0.3 is 10.1 Å². The maximum atomic E-state index is 12.6. The predicted molar refractivity (Wildman–Crippen MR) is 91.3 cm³/mol. The van der Waals surface area contributed by atoms with Gasteiger partial charge in [-0.3, -0.25) is 4.79 Å². The lowest BCUT2D eigenvalue weighted by Crippen LogP contribution is -2.41. The molecule has 0 heterocycles. The predicted octanol–water partition coefficient (Wildman–Crippen LogP) is 3.47. The first-order chi connectivity index (χ1) is 11.2. The van der Waals surface area contributed by atoms with Crippen molar-refractivity contribution in [3.63, 3.8) is 0 Å². The molecule has 0 radical (unpaired) electrons. The molecule has 2 aromatic carbocycles. The number of allylic oxidation sites excluding steroid dienone is 1. The van der Waals surface area contributed by atoms with Crippen molar-refractivity contribution in [2.24, 2.45) is 0 Å². The molecule has 4 nitrogen and oxygen atoms in total. The van der Waals surface area contributed by atoms with E-state index in [2.05, 4.69) is 11.9 Å². The second-order valence-electron chi connectivity index (χ2n) is 5.30. The molecule has 0 saturated carbocycles. The fourth-order valence-corrected chi connectivity index (χ4v) is 2.52. The van der Waals surface area contributed by atoms with E-state index in [0.29, 0.717) is 12.0 Å². The van der Waals surface area contributed by atoms with Crippen LogP contribution in [-0.4, -0.2) is 25.0 Å². The third-order valence-electron chi connectivity index (χ3n) is 3.73. The summed E-state index contributed by atoms with van der Waals surface area (Å²) in [6.45, 7) is 3.66. The Labute approximate surface area is 136 Å². The summed E-state index contributed by atoms with van der Waals surface area (Å²) in [5.41, 5.74) is 0.556. The third-order valence-corrected chi connectivity index (χ3v) is 3.73. The van der Waals surface area contributed by atoms with Crippen LogP contribution in [0.4, 0.5) is 0 Å². The Morgan fingerprint density at radius 2 is 1.96 bits per heavy atom. The van der Waals surface area contributed by atoms with Crippen LogP contribution in [0.1, 0.15) is 29.6 Å². The van der Waals surface area contributed by atoms with Crippen LogP contribution >= 0.6 is 0 Å². The normalized spacial score (nSPS) is 11.7. The third kappa shape index (κ3) is 4.19. The number of hydrogen-bond donors (Lipinski definition) is 1. The van der Waals surface area contributed by atoms with Gasteiger partial charge in [-0.2, -0.15) is 0 Å². The van der Waals surface area contributed by atoms with Gasteiger partial charge >= 0.3 is 5.97 Å². The number of carbonyl (C=O) groups excluding carboxylic acids is 2. The summed E-state index contributed by atoms with van der Waals surface area (Å²) in [7, 11) is 1.33. The zero-order valence-corrected chi connectivity index (χ0v) is 13.2. The Balaban J connectivity index is 2.19. The molecular formula is C19H21NO3. The van der Waals surface area contributed by atoms with Crippen LogP contribution in [0.25, 0.3) is 10.8 Å². The lowest BCUT2D eigenvalue weighted by molar-refractivity contribution is -0.143. The van der Waals surface area contributed by atoms with E-state index < -0.39 is 12.0 Å². The van der Waals surface area contributed by atoms with E-state index >= 15 is 0 Å². The van der Waals surface area contributed by atoms with Crippen molar-refractivity contribution >= 4 is 22.6 Å². The standard InChI is InChI=1S/C19H21NO3/c1-3-4-5-13-17(19(22)23-2)20-18(21)16-12-8-10-14-9-6-7-11-15(14)16/h3,6-12,17H,1,4-5,13H2,2H3,(H,20,21)/t17-/m0/s1. The smallest absolute Gasteiger partial charge is 0.328 e. The molecule has 2 rings (SSSR count). The molecule has 0 saturated heterocycles. The van der Waals surface area contributed by atoms with E-state index in [1.165, 1.54) is 7.11 Å². The first-order valence-corrected chi connectivity index (χ1v) is 7.64. The number of carbonyl (C=O) groups is 2. The highest BCUT2D eigenvalue weighted by molar-refractivity contribution is 6.07. The fraction of sp³-hybridized carbons (Fsp3) is 0.263. The van der Waals surface area contributed by atoms with Crippen LogP contribution in [0.3, 0.4) is 0 Å². The van der Waals surface area contributed by atoms with Gasteiger partial charge in [0.2, 0.25) is 0 Å². The summed E-state index contributed by atoms with van der Waals surface area (Å²) in [6.07, 6.45) is 3.87. The van der Waals surface area contributed by atoms with Gasteiger partial charge in [-0.1, -0.05) is 42.5 Å². The number of methoxy groups -OCH3 is 1. The van der Waals surface area contributed by atoms with Crippen molar-refractivity contribution in [1.29, 1.82) is 0 Å². The van der Waals surface area contributed by atoms with E-state index in [1.807, 2.05) is 36.4 Å². The van der Waals surface area contributed by atoms with Crippen molar-refractivity contribution in [2.75, 3.05) is 7.11 Å². The molecule has 0 spiro atoms.